The number of hydrogen-bond donors (Lipinski definition) is 2. The third-order valence-electron chi connectivity index (χ3n) is 2.75. The van der Waals surface area contributed by atoms with E-state index < -0.39 is 0 Å². The van der Waals surface area contributed by atoms with Crippen LogP contribution in [0.4, 0.5) is 11.4 Å². The lowest BCUT2D eigenvalue weighted by Gasteiger charge is -2.14. The molecule has 1 amide bonds. The predicted octanol–water partition coefficient (Wildman–Crippen LogP) is 1.90. The summed E-state index contributed by atoms with van der Waals surface area (Å²) in [6.07, 6.45) is 0.282. The van der Waals surface area contributed by atoms with E-state index in [-0.39, 0.29) is 23.5 Å². The number of ether oxygens (including phenoxy) is 2. The van der Waals surface area contributed by atoms with Crippen LogP contribution < -0.4 is 15.8 Å². The molecule has 0 aliphatic rings. The van der Waals surface area contributed by atoms with Gasteiger partial charge in [-0.1, -0.05) is 0 Å². The number of nitrogens with two attached hydrogens (primary N) is 1. The topological polar surface area (TPSA) is 90.7 Å². The van der Waals surface area contributed by atoms with E-state index in [2.05, 4.69) is 10.1 Å². The Morgan fingerprint density at radius 2 is 2.10 bits per heavy atom. The van der Waals surface area contributed by atoms with Crippen molar-refractivity contribution in [3.05, 3.63) is 18.2 Å². The fourth-order valence-corrected chi connectivity index (χ4v) is 2.39. The van der Waals surface area contributed by atoms with Crippen molar-refractivity contribution in [2.75, 3.05) is 31.0 Å². The normalized spacial score (nSPS) is 11.6. The molecule has 116 valence electrons. The van der Waals surface area contributed by atoms with Gasteiger partial charge < -0.3 is 20.5 Å². The number of nitrogen functional groups attached to an aromatic ring is 1. The Morgan fingerprint density at radius 3 is 2.71 bits per heavy atom. The Bertz CT molecular complexity index is 508. The Hall–Kier alpha value is -1.89. The van der Waals surface area contributed by atoms with Gasteiger partial charge in [0.25, 0.3) is 0 Å². The maximum absolute atomic E-state index is 12.1. The summed E-state index contributed by atoms with van der Waals surface area (Å²) in [5, 5.41) is 2.49. The molecule has 1 rings (SSSR count). The van der Waals surface area contributed by atoms with Crippen LogP contribution in [0, 0.1) is 0 Å². The molecule has 1 aromatic rings. The zero-order chi connectivity index (χ0) is 15.8. The molecule has 1 aromatic carbocycles. The van der Waals surface area contributed by atoms with E-state index in [0.717, 1.165) is 0 Å². The third-order valence-corrected chi connectivity index (χ3v) is 3.91. The fourth-order valence-electron chi connectivity index (χ4n) is 1.54. The molecule has 0 aliphatic carbocycles. The second-order valence-corrected chi connectivity index (χ2v) is 5.74. The minimum Gasteiger partial charge on any atom is -0.494 e. The van der Waals surface area contributed by atoms with Crippen molar-refractivity contribution >= 4 is 35.0 Å². The van der Waals surface area contributed by atoms with Crippen LogP contribution in [0.15, 0.2) is 18.2 Å². The standard InChI is InChI=1S/C14H20N2O4S/c1-9(21-7-6-13(17)20-3)14(18)16-11-5-4-10(15)8-12(11)19-2/h4-5,8-9H,6-7,15H2,1-3H3,(H,16,18). The Morgan fingerprint density at radius 1 is 1.38 bits per heavy atom. The SMILES string of the molecule is COC(=O)CCSC(C)C(=O)Nc1ccc(N)cc1OC. The van der Waals surface area contributed by atoms with Crippen LogP contribution in [0.5, 0.6) is 5.75 Å². The quantitative estimate of drug-likeness (QED) is 0.590. The Balaban J connectivity index is 2.54. The van der Waals surface area contributed by atoms with Gasteiger partial charge in [-0.2, -0.15) is 0 Å². The van der Waals surface area contributed by atoms with E-state index in [1.54, 1.807) is 25.1 Å². The number of rotatable bonds is 7. The lowest BCUT2D eigenvalue weighted by molar-refractivity contribution is -0.140. The number of carbonyl (C=O) groups is 2. The first-order valence-corrected chi connectivity index (χ1v) is 7.45. The molecule has 0 heterocycles. The molecular weight excluding hydrogens is 292 g/mol. The number of esters is 1. The molecule has 0 bridgehead atoms. The number of anilines is 2. The largest absolute Gasteiger partial charge is 0.494 e. The van der Waals surface area contributed by atoms with Gasteiger partial charge >= 0.3 is 5.97 Å². The van der Waals surface area contributed by atoms with Crippen LogP contribution >= 0.6 is 11.8 Å². The van der Waals surface area contributed by atoms with E-state index in [0.29, 0.717) is 22.9 Å². The monoisotopic (exact) mass is 312 g/mol. The summed E-state index contributed by atoms with van der Waals surface area (Å²) in [4.78, 5) is 23.1. The molecule has 0 fully saturated rings. The molecule has 0 saturated heterocycles. The van der Waals surface area contributed by atoms with Gasteiger partial charge in [-0.25, -0.2) is 0 Å². The molecule has 3 N–H and O–H groups in total. The molecule has 6 nitrogen and oxygen atoms in total. The molecule has 0 aliphatic heterocycles. The van der Waals surface area contributed by atoms with Crippen LogP contribution in [0.25, 0.3) is 0 Å². The first kappa shape index (κ1) is 17.2. The van der Waals surface area contributed by atoms with Crippen molar-refractivity contribution < 1.29 is 19.1 Å². The van der Waals surface area contributed by atoms with Gasteiger partial charge in [0.1, 0.15) is 5.75 Å². The molecule has 0 spiro atoms. The Labute approximate surface area is 128 Å². The Kier molecular flexibility index (Phi) is 6.87. The van der Waals surface area contributed by atoms with Gasteiger partial charge in [-0.3, -0.25) is 9.59 Å². The molecule has 0 radical (unpaired) electrons. The molecule has 0 saturated carbocycles. The second kappa shape index (κ2) is 8.41. The first-order chi connectivity index (χ1) is 9.97. The van der Waals surface area contributed by atoms with Crippen molar-refractivity contribution in [1.82, 2.24) is 0 Å². The smallest absolute Gasteiger partial charge is 0.306 e. The van der Waals surface area contributed by atoms with E-state index >= 15 is 0 Å². The summed E-state index contributed by atoms with van der Waals surface area (Å²) in [6.45, 7) is 1.78. The van der Waals surface area contributed by atoms with Gasteiger partial charge in [0.2, 0.25) is 5.91 Å². The lowest BCUT2D eigenvalue weighted by atomic mass is 10.2. The van der Waals surface area contributed by atoms with Crippen LogP contribution in [0.2, 0.25) is 0 Å². The zero-order valence-electron chi connectivity index (χ0n) is 12.3. The minimum absolute atomic E-state index is 0.159. The van der Waals surface area contributed by atoms with Crippen molar-refractivity contribution in [1.29, 1.82) is 0 Å². The van der Waals surface area contributed by atoms with Gasteiger partial charge in [0, 0.05) is 17.5 Å². The zero-order valence-corrected chi connectivity index (χ0v) is 13.2. The number of nitrogens with one attached hydrogen (secondary N) is 1. The van der Waals surface area contributed by atoms with E-state index in [1.165, 1.54) is 26.0 Å². The molecule has 21 heavy (non-hydrogen) atoms. The maximum atomic E-state index is 12.1. The minimum atomic E-state index is -0.295. The van der Waals surface area contributed by atoms with E-state index in [4.69, 9.17) is 10.5 Å². The van der Waals surface area contributed by atoms with Crippen LogP contribution in [0.1, 0.15) is 13.3 Å². The summed E-state index contributed by atoms with van der Waals surface area (Å²) in [5.41, 5.74) is 6.79. The maximum Gasteiger partial charge on any atom is 0.306 e. The van der Waals surface area contributed by atoms with Crippen LogP contribution in [-0.2, 0) is 14.3 Å². The highest BCUT2D eigenvalue weighted by Gasteiger charge is 2.16. The number of amides is 1. The van der Waals surface area contributed by atoms with Gasteiger partial charge in [0.05, 0.1) is 31.6 Å². The van der Waals surface area contributed by atoms with Crippen molar-refractivity contribution in [3.8, 4) is 5.75 Å². The van der Waals surface area contributed by atoms with Gasteiger partial charge in [-0.15, -0.1) is 11.8 Å². The lowest BCUT2D eigenvalue weighted by Crippen LogP contribution is -2.23. The van der Waals surface area contributed by atoms with Crippen molar-refractivity contribution in [3.63, 3.8) is 0 Å². The average Bonchev–Trinajstić information content (AvgIpc) is 2.48. The third kappa shape index (κ3) is 5.55. The molecule has 1 unspecified atom stereocenters. The van der Waals surface area contributed by atoms with Crippen LogP contribution in [-0.4, -0.2) is 37.1 Å². The summed E-state index contributed by atoms with van der Waals surface area (Å²) in [6, 6.07) is 5.02. The highest BCUT2D eigenvalue weighted by atomic mass is 32.2. The highest BCUT2D eigenvalue weighted by Crippen LogP contribution is 2.27. The second-order valence-electron chi connectivity index (χ2n) is 4.29. The van der Waals surface area contributed by atoms with E-state index in [1.807, 2.05) is 0 Å². The molecule has 7 heteroatoms. The predicted molar refractivity (Wildman–Crippen MR) is 84.6 cm³/mol. The van der Waals surface area contributed by atoms with Gasteiger partial charge in [0.15, 0.2) is 0 Å². The molecule has 0 aromatic heterocycles. The van der Waals surface area contributed by atoms with Gasteiger partial charge in [-0.05, 0) is 19.1 Å². The number of hydrogen-bond acceptors (Lipinski definition) is 6. The molecular formula is C14H20N2O4S. The van der Waals surface area contributed by atoms with Crippen molar-refractivity contribution in [2.24, 2.45) is 0 Å². The summed E-state index contributed by atoms with van der Waals surface area (Å²) in [7, 11) is 2.86. The number of methoxy groups -OCH3 is 2. The summed E-state index contributed by atoms with van der Waals surface area (Å²) < 4.78 is 9.72. The average molecular weight is 312 g/mol. The summed E-state index contributed by atoms with van der Waals surface area (Å²) >= 11 is 1.39. The van der Waals surface area contributed by atoms with E-state index in [9.17, 15) is 9.59 Å². The molecule has 1 atom stereocenters. The van der Waals surface area contributed by atoms with Crippen molar-refractivity contribution in [2.45, 2.75) is 18.6 Å². The fraction of sp³-hybridized carbons (Fsp3) is 0.429. The number of benzene rings is 1. The summed E-state index contributed by atoms with van der Waals surface area (Å²) in [5.74, 6) is 0.596. The highest BCUT2D eigenvalue weighted by molar-refractivity contribution is 8.00. The first-order valence-electron chi connectivity index (χ1n) is 6.40. The number of carbonyl (C=O) groups excluding carboxylic acids is 2. The number of thioether (sulfide) groups is 1. The van der Waals surface area contributed by atoms with Crippen LogP contribution in [0.3, 0.4) is 0 Å².